The van der Waals surface area contributed by atoms with Crippen molar-refractivity contribution in [2.45, 2.75) is 25.4 Å². The van der Waals surface area contributed by atoms with E-state index < -0.39 is 0 Å². The predicted molar refractivity (Wildman–Crippen MR) is 73.6 cm³/mol. The standard InChI is InChI=1S/C12H15ClN2OS/c1-16-11-4-2-3-10(13)9(11)7-14-12(17)15-8-5-6-8/h2-4,8H,5-7H2,1H3,(H2,14,15,17). The van der Waals surface area contributed by atoms with Crippen molar-refractivity contribution < 1.29 is 4.74 Å². The third-order valence-corrected chi connectivity index (χ3v) is 3.25. The van der Waals surface area contributed by atoms with Crippen molar-refractivity contribution in [2.24, 2.45) is 0 Å². The fraction of sp³-hybridized carbons (Fsp3) is 0.417. The summed E-state index contributed by atoms with van der Waals surface area (Å²) in [5.74, 6) is 0.777. The molecule has 0 radical (unpaired) electrons. The zero-order valence-corrected chi connectivity index (χ0v) is 11.2. The Bertz CT molecular complexity index is 421. The van der Waals surface area contributed by atoms with Crippen molar-refractivity contribution in [1.29, 1.82) is 0 Å². The number of halogens is 1. The molecule has 0 heterocycles. The highest BCUT2D eigenvalue weighted by molar-refractivity contribution is 7.80. The fourth-order valence-corrected chi connectivity index (χ4v) is 2.01. The van der Waals surface area contributed by atoms with E-state index in [2.05, 4.69) is 10.6 Å². The van der Waals surface area contributed by atoms with Gasteiger partial charge in [-0.05, 0) is 37.2 Å². The van der Waals surface area contributed by atoms with Gasteiger partial charge in [0, 0.05) is 23.2 Å². The van der Waals surface area contributed by atoms with Gasteiger partial charge in [0.15, 0.2) is 5.11 Å². The molecule has 2 rings (SSSR count). The van der Waals surface area contributed by atoms with Crippen LogP contribution in [0.4, 0.5) is 0 Å². The first kappa shape index (κ1) is 12.5. The molecular formula is C12H15ClN2OS. The molecule has 0 saturated heterocycles. The van der Waals surface area contributed by atoms with Crippen molar-refractivity contribution in [3.8, 4) is 5.75 Å². The van der Waals surface area contributed by atoms with Crippen LogP contribution in [0.15, 0.2) is 18.2 Å². The summed E-state index contributed by atoms with van der Waals surface area (Å²) in [7, 11) is 1.63. The number of nitrogens with one attached hydrogen (secondary N) is 2. The monoisotopic (exact) mass is 270 g/mol. The zero-order valence-electron chi connectivity index (χ0n) is 9.63. The van der Waals surface area contributed by atoms with Crippen LogP contribution < -0.4 is 15.4 Å². The Balaban J connectivity index is 1.94. The first-order chi connectivity index (χ1) is 8.20. The van der Waals surface area contributed by atoms with Crippen molar-refractivity contribution in [3.63, 3.8) is 0 Å². The van der Waals surface area contributed by atoms with E-state index in [1.807, 2.05) is 18.2 Å². The number of rotatable bonds is 4. The van der Waals surface area contributed by atoms with Crippen LogP contribution in [-0.4, -0.2) is 18.3 Å². The van der Waals surface area contributed by atoms with Crippen LogP contribution in [0, 0.1) is 0 Å². The minimum absolute atomic E-state index is 0.558. The lowest BCUT2D eigenvalue weighted by Crippen LogP contribution is -2.36. The molecule has 5 heteroatoms. The summed E-state index contributed by atoms with van der Waals surface area (Å²) in [5.41, 5.74) is 0.927. The molecule has 2 N–H and O–H groups in total. The minimum atomic E-state index is 0.558. The number of ether oxygens (including phenoxy) is 1. The molecule has 3 nitrogen and oxygen atoms in total. The summed E-state index contributed by atoms with van der Waals surface area (Å²) in [4.78, 5) is 0. The number of hydrogen-bond donors (Lipinski definition) is 2. The summed E-state index contributed by atoms with van der Waals surface area (Å²) in [5, 5.41) is 7.72. The van der Waals surface area contributed by atoms with Crippen LogP contribution in [0.25, 0.3) is 0 Å². The van der Waals surface area contributed by atoms with E-state index >= 15 is 0 Å². The molecule has 92 valence electrons. The van der Waals surface area contributed by atoms with E-state index in [-0.39, 0.29) is 0 Å². The molecule has 1 fully saturated rings. The van der Waals surface area contributed by atoms with E-state index in [1.165, 1.54) is 12.8 Å². The van der Waals surface area contributed by atoms with Crippen LogP contribution in [-0.2, 0) is 6.54 Å². The zero-order chi connectivity index (χ0) is 12.3. The molecule has 0 spiro atoms. The summed E-state index contributed by atoms with van der Waals surface area (Å²) < 4.78 is 5.26. The van der Waals surface area contributed by atoms with Gasteiger partial charge in [-0.2, -0.15) is 0 Å². The van der Waals surface area contributed by atoms with Gasteiger partial charge in [-0.3, -0.25) is 0 Å². The second kappa shape index (κ2) is 5.56. The van der Waals surface area contributed by atoms with Crippen molar-refractivity contribution >= 4 is 28.9 Å². The quantitative estimate of drug-likeness (QED) is 0.824. The van der Waals surface area contributed by atoms with Crippen molar-refractivity contribution in [3.05, 3.63) is 28.8 Å². The second-order valence-corrected chi connectivity index (χ2v) is 4.84. The van der Waals surface area contributed by atoms with Gasteiger partial charge in [-0.1, -0.05) is 17.7 Å². The van der Waals surface area contributed by atoms with Crippen LogP contribution in [0.2, 0.25) is 5.02 Å². The Morgan fingerprint density at radius 3 is 2.94 bits per heavy atom. The molecule has 0 amide bonds. The Morgan fingerprint density at radius 2 is 2.29 bits per heavy atom. The molecule has 0 bridgehead atoms. The van der Waals surface area contributed by atoms with Gasteiger partial charge in [-0.25, -0.2) is 0 Å². The third-order valence-electron chi connectivity index (χ3n) is 2.63. The summed E-state index contributed by atoms with van der Waals surface area (Å²) >= 11 is 11.3. The van der Waals surface area contributed by atoms with Gasteiger partial charge in [0.1, 0.15) is 5.75 Å². The number of methoxy groups -OCH3 is 1. The van der Waals surface area contributed by atoms with Crippen LogP contribution in [0.5, 0.6) is 5.75 Å². The fourth-order valence-electron chi connectivity index (χ4n) is 1.53. The second-order valence-electron chi connectivity index (χ2n) is 4.02. The van der Waals surface area contributed by atoms with Gasteiger partial charge in [0.05, 0.1) is 7.11 Å². The van der Waals surface area contributed by atoms with Gasteiger partial charge in [0.25, 0.3) is 0 Å². The molecular weight excluding hydrogens is 256 g/mol. The summed E-state index contributed by atoms with van der Waals surface area (Å²) in [6, 6.07) is 6.16. The SMILES string of the molecule is COc1cccc(Cl)c1CNC(=S)NC1CC1. The Kier molecular flexibility index (Phi) is 4.07. The summed E-state index contributed by atoms with van der Waals surface area (Å²) in [6.07, 6.45) is 2.41. The number of thiocarbonyl (C=S) groups is 1. The highest BCUT2D eigenvalue weighted by Gasteiger charge is 2.21. The third kappa shape index (κ3) is 3.48. The highest BCUT2D eigenvalue weighted by atomic mass is 35.5. The lowest BCUT2D eigenvalue weighted by atomic mass is 10.2. The average molecular weight is 271 g/mol. The van der Waals surface area contributed by atoms with Gasteiger partial charge in [0.2, 0.25) is 0 Å². The Morgan fingerprint density at radius 1 is 1.53 bits per heavy atom. The van der Waals surface area contributed by atoms with E-state index in [0.29, 0.717) is 22.7 Å². The molecule has 0 aliphatic heterocycles. The first-order valence-electron chi connectivity index (χ1n) is 5.56. The molecule has 17 heavy (non-hydrogen) atoms. The molecule has 0 unspecified atom stereocenters. The summed E-state index contributed by atoms with van der Waals surface area (Å²) in [6.45, 7) is 0.571. The van der Waals surface area contributed by atoms with Gasteiger partial charge >= 0.3 is 0 Å². The maximum Gasteiger partial charge on any atom is 0.166 e. The maximum atomic E-state index is 6.13. The van der Waals surface area contributed by atoms with E-state index in [4.69, 9.17) is 28.6 Å². The van der Waals surface area contributed by atoms with Crippen molar-refractivity contribution in [1.82, 2.24) is 10.6 Å². The van der Waals surface area contributed by atoms with Gasteiger partial charge < -0.3 is 15.4 Å². The Labute approximate surface area is 111 Å². The molecule has 0 aromatic heterocycles. The molecule has 0 atom stereocenters. The smallest absolute Gasteiger partial charge is 0.166 e. The number of hydrogen-bond acceptors (Lipinski definition) is 2. The predicted octanol–water partition coefficient (Wildman–Crippen LogP) is 2.48. The lowest BCUT2D eigenvalue weighted by molar-refractivity contribution is 0.409. The van der Waals surface area contributed by atoms with Crippen LogP contribution in [0.1, 0.15) is 18.4 Å². The molecule has 1 saturated carbocycles. The average Bonchev–Trinajstić information content (AvgIpc) is 3.11. The van der Waals surface area contributed by atoms with Crippen LogP contribution in [0.3, 0.4) is 0 Å². The molecule has 1 aromatic rings. The number of benzene rings is 1. The van der Waals surface area contributed by atoms with Gasteiger partial charge in [-0.15, -0.1) is 0 Å². The highest BCUT2D eigenvalue weighted by Crippen LogP contribution is 2.26. The minimum Gasteiger partial charge on any atom is -0.496 e. The van der Waals surface area contributed by atoms with E-state index in [9.17, 15) is 0 Å². The lowest BCUT2D eigenvalue weighted by Gasteiger charge is -2.13. The topological polar surface area (TPSA) is 33.3 Å². The van der Waals surface area contributed by atoms with Crippen molar-refractivity contribution in [2.75, 3.05) is 7.11 Å². The molecule has 1 aliphatic rings. The normalized spacial score (nSPS) is 14.2. The molecule has 1 aromatic carbocycles. The first-order valence-corrected chi connectivity index (χ1v) is 6.35. The van der Waals surface area contributed by atoms with E-state index in [1.54, 1.807) is 7.11 Å². The largest absolute Gasteiger partial charge is 0.496 e. The Hall–Kier alpha value is -1.00. The van der Waals surface area contributed by atoms with Crippen LogP contribution >= 0.6 is 23.8 Å². The maximum absolute atomic E-state index is 6.13. The van der Waals surface area contributed by atoms with E-state index in [0.717, 1.165) is 11.3 Å². The molecule has 1 aliphatic carbocycles.